The van der Waals surface area contributed by atoms with E-state index in [4.69, 9.17) is 0 Å². The lowest BCUT2D eigenvalue weighted by Gasteiger charge is -2.37. The van der Waals surface area contributed by atoms with Gasteiger partial charge in [-0.2, -0.15) is 0 Å². The second-order valence-electron chi connectivity index (χ2n) is 34.4. The molecule has 100 heavy (non-hydrogen) atoms. The Labute approximate surface area is 593 Å². The van der Waals surface area contributed by atoms with Gasteiger partial charge in [0.15, 0.2) is 0 Å². The quantitative estimate of drug-likeness (QED) is 0.143. The standard InChI is InChI=1S/C96H92N4/c1-90(2,3)59-30-36-62(37-31-59)97(66-42-47-74-71-24-18-21-27-79(71)93(10,11)82(74)54-66)65-45-50-87-77(52-65)78-53-70(99(64-40-34-61(35-41-64)92(7,8)9)68-44-49-76-73-26-20-23-29-81(73)95(14,15)84(76)56-68)58-86-89(78)100(87)88-51-46-69(57-85(88)96(86,16)17)98(63-38-32-60(33-39-63)91(4,5)6)67-43-48-75-72-25-19-22-28-80(72)94(12,13)83(75)55-67/h18-58H,1-17H3. The van der Waals surface area contributed by atoms with E-state index >= 15 is 0 Å². The first-order valence-electron chi connectivity index (χ1n) is 36.2. The molecule has 496 valence electrons. The highest BCUT2D eigenvalue weighted by molar-refractivity contribution is 6.14. The minimum atomic E-state index is -0.505. The molecule has 0 bridgehead atoms. The molecule has 1 aliphatic heterocycles. The van der Waals surface area contributed by atoms with Crippen molar-refractivity contribution in [3.63, 3.8) is 0 Å². The summed E-state index contributed by atoms with van der Waals surface area (Å²) in [5.41, 5.74) is 35.2. The molecule has 0 saturated heterocycles. The maximum absolute atomic E-state index is 2.62. The molecule has 0 atom stereocenters. The van der Waals surface area contributed by atoms with Gasteiger partial charge in [0.2, 0.25) is 0 Å². The van der Waals surface area contributed by atoms with Crippen LogP contribution in [0.25, 0.3) is 60.9 Å². The van der Waals surface area contributed by atoms with Crippen molar-refractivity contribution >= 4 is 73.0 Å². The Morgan fingerprint density at radius 2 is 0.520 bits per heavy atom. The molecule has 12 aromatic carbocycles. The van der Waals surface area contributed by atoms with Crippen molar-refractivity contribution in [3.8, 4) is 39.1 Å². The van der Waals surface area contributed by atoms with E-state index in [-0.39, 0.29) is 32.5 Å². The zero-order chi connectivity index (χ0) is 69.7. The van der Waals surface area contributed by atoms with Crippen molar-refractivity contribution in [2.75, 3.05) is 14.7 Å². The highest BCUT2D eigenvalue weighted by Crippen LogP contribution is 2.58. The molecule has 0 N–H and O–H groups in total. The van der Waals surface area contributed by atoms with Gasteiger partial charge in [0.05, 0.1) is 16.7 Å². The van der Waals surface area contributed by atoms with Crippen LogP contribution in [0, 0.1) is 0 Å². The summed E-state index contributed by atoms with van der Waals surface area (Å²) in [5, 5.41) is 2.41. The van der Waals surface area contributed by atoms with Crippen molar-refractivity contribution in [3.05, 3.63) is 310 Å². The van der Waals surface area contributed by atoms with Gasteiger partial charge in [-0.25, -0.2) is 0 Å². The number of aromatic nitrogens is 1. The first-order valence-corrected chi connectivity index (χ1v) is 36.2. The third kappa shape index (κ3) is 9.52. The molecule has 17 rings (SSSR count). The van der Waals surface area contributed by atoms with Crippen LogP contribution in [0.5, 0.6) is 0 Å². The predicted molar refractivity (Wildman–Crippen MR) is 426 cm³/mol. The molecule has 0 spiro atoms. The third-order valence-corrected chi connectivity index (χ3v) is 23.6. The normalized spacial score (nSPS) is 15.4. The second kappa shape index (κ2) is 21.7. The Morgan fingerprint density at radius 1 is 0.240 bits per heavy atom. The number of nitrogens with zero attached hydrogens (tertiary/aromatic N) is 4. The van der Waals surface area contributed by atoms with E-state index in [1.165, 1.54) is 122 Å². The monoisotopic (exact) mass is 1300 g/mol. The molecule has 0 saturated carbocycles. The van der Waals surface area contributed by atoms with Gasteiger partial charge in [-0.05, 0) is 232 Å². The lowest BCUT2D eigenvalue weighted by molar-refractivity contribution is 0.590. The Morgan fingerprint density at radius 3 is 0.900 bits per heavy atom. The topological polar surface area (TPSA) is 14.7 Å². The molecule has 4 nitrogen and oxygen atoms in total. The van der Waals surface area contributed by atoms with Gasteiger partial charge in [0.1, 0.15) is 0 Å². The van der Waals surface area contributed by atoms with Crippen LogP contribution in [-0.4, -0.2) is 4.57 Å². The second-order valence-corrected chi connectivity index (χ2v) is 34.4. The molecule has 4 aliphatic rings. The van der Waals surface area contributed by atoms with Crippen molar-refractivity contribution in [1.82, 2.24) is 4.57 Å². The van der Waals surface area contributed by atoms with Crippen molar-refractivity contribution in [2.24, 2.45) is 0 Å². The molecule has 3 aliphatic carbocycles. The fourth-order valence-electron chi connectivity index (χ4n) is 17.8. The van der Waals surface area contributed by atoms with Crippen LogP contribution in [0.2, 0.25) is 0 Å². The summed E-state index contributed by atoms with van der Waals surface area (Å²) in [6, 6.07) is 96.5. The van der Waals surface area contributed by atoms with Crippen LogP contribution in [-0.2, 0) is 37.9 Å². The zero-order valence-corrected chi connectivity index (χ0v) is 61.5. The molecule has 13 aromatic rings. The average molecular weight is 1300 g/mol. The van der Waals surface area contributed by atoms with E-state index in [0.717, 1.165) is 51.2 Å². The zero-order valence-electron chi connectivity index (χ0n) is 61.5. The minimum absolute atomic E-state index is 0.00309. The summed E-state index contributed by atoms with van der Waals surface area (Å²) in [7, 11) is 0. The molecule has 1 aromatic heterocycles. The first kappa shape index (κ1) is 63.3. The van der Waals surface area contributed by atoms with Crippen LogP contribution in [0.15, 0.2) is 249 Å². The van der Waals surface area contributed by atoms with Gasteiger partial charge in [-0.3, -0.25) is 0 Å². The number of hydrogen-bond donors (Lipinski definition) is 0. The summed E-state index contributed by atoms with van der Waals surface area (Å²) in [6.45, 7) is 40.1. The molecular formula is C96H92N4. The lowest BCUT2D eigenvalue weighted by atomic mass is 9.74. The average Bonchev–Trinajstić information content (AvgIpc) is 1.50. The number of benzene rings is 12. The van der Waals surface area contributed by atoms with E-state index < -0.39 is 5.41 Å². The van der Waals surface area contributed by atoms with Crippen LogP contribution in [0.4, 0.5) is 51.2 Å². The number of rotatable bonds is 9. The maximum atomic E-state index is 2.62. The van der Waals surface area contributed by atoms with Gasteiger partial charge in [0, 0.05) is 83.6 Å². The SMILES string of the molecule is CC(C)(C)c1ccc(N(c2ccc3c(c2)C(C)(C)c2ccccc2-3)c2ccc3c(c2)C(C)(C)c2cc(N(c4ccc(C(C)(C)C)cc4)c4ccc5c(c4)C(C)(C)c4ccccc4-5)cc4c5cc(N(c6ccc(C(C)(C)C)cc6)c6ccc7c(c6)C(C)(C)c6ccccc6-7)ccc5n-3c24)cc1. The largest absolute Gasteiger partial charge is 0.310 e. The Hall–Kier alpha value is -10.2. The number of anilines is 9. The van der Waals surface area contributed by atoms with Gasteiger partial charge in [-0.1, -0.05) is 245 Å². The minimum Gasteiger partial charge on any atom is -0.310 e. The summed E-state index contributed by atoms with van der Waals surface area (Å²) < 4.78 is 2.62. The Balaban J connectivity index is 0.917. The Bertz CT molecular complexity index is 5530. The van der Waals surface area contributed by atoms with E-state index in [2.05, 4.69) is 386 Å². The van der Waals surface area contributed by atoms with Gasteiger partial charge in [0.25, 0.3) is 0 Å². The maximum Gasteiger partial charge on any atom is 0.0583 e. The highest BCUT2D eigenvalue weighted by atomic mass is 15.2. The van der Waals surface area contributed by atoms with Gasteiger partial charge in [-0.15, -0.1) is 0 Å². The molecule has 2 heterocycles. The molecule has 0 amide bonds. The summed E-state index contributed by atoms with van der Waals surface area (Å²) in [6.07, 6.45) is 0. The van der Waals surface area contributed by atoms with Gasteiger partial charge >= 0.3 is 0 Å². The number of hydrogen-bond acceptors (Lipinski definition) is 3. The van der Waals surface area contributed by atoms with E-state index in [9.17, 15) is 0 Å². The predicted octanol–water partition coefficient (Wildman–Crippen LogP) is 26.6. The van der Waals surface area contributed by atoms with Crippen LogP contribution >= 0.6 is 0 Å². The van der Waals surface area contributed by atoms with Gasteiger partial charge < -0.3 is 19.3 Å². The Kier molecular flexibility index (Phi) is 13.7. The fourth-order valence-corrected chi connectivity index (χ4v) is 17.8. The lowest BCUT2D eigenvalue weighted by Crippen LogP contribution is -2.27. The molecular weight excluding hydrogens is 1210 g/mol. The van der Waals surface area contributed by atoms with Crippen LogP contribution < -0.4 is 14.7 Å². The molecule has 0 radical (unpaired) electrons. The highest BCUT2D eigenvalue weighted by Gasteiger charge is 2.42. The number of fused-ring (bicyclic) bond motifs is 14. The first-order chi connectivity index (χ1) is 47.5. The summed E-state index contributed by atoms with van der Waals surface area (Å²) >= 11 is 0. The van der Waals surface area contributed by atoms with E-state index in [1.807, 2.05) is 0 Å². The van der Waals surface area contributed by atoms with E-state index in [1.54, 1.807) is 0 Å². The molecule has 0 fully saturated rings. The van der Waals surface area contributed by atoms with Crippen LogP contribution in [0.3, 0.4) is 0 Å². The smallest absolute Gasteiger partial charge is 0.0583 e. The molecule has 0 unspecified atom stereocenters. The third-order valence-electron chi connectivity index (χ3n) is 23.6. The van der Waals surface area contributed by atoms with Crippen LogP contribution in [0.1, 0.15) is 179 Å². The summed E-state index contributed by atoms with van der Waals surface area (Å²) in [5.74, 6) is 0. The molecule has 4 heteroatoms. The van der Waals surface area contributed by atoms with Crippen molar-refractivity contribution < 1.29 is 0 Å². The summed E-state index contributed by atoms with van der Waals surface area (Å²) in [4.78, 5) is 7.58. The van der Waals surface area contributed by atoms with Crippen molar-refractivity contribution in [2.45, 2.75) is 156 Å². The van der Waals surface area contributed by atoms with Crippen molar-refractivity contribution in [1.29, 1.82) is 0 Å². The van der Waals surface area contributed by atoms with E-state index in [0.29, 0.717) is 0 Å². The fraction of sp³-hybridized carbons (Fsp3) is 0.250.